The summed E-state index contributed by atoms with van der Waals surface area (Å²) >= 11 is 1.32. The van der Waals surface area contributed by atoms with Gasteiger partial charge in [0.25, 0.3) is 5.69 Å². The lowest BCUT2D eigenvalue weighted by atomic mass is 10.1. The van der Waals surface area contributed by atoms with E-state index in [1.54, 1.807) is 32.9 Å². The second-order valence-corrected chi connectivity index (χ2v) is 7.90. The third-order valence-electron chi connectivity index (χ3n) is 4.69. The van der Waals surface area contributed by atoms with Crippen LogP contribution in [0, 0.1) is 17.0 Å². The van der Waals surface area contributed by atoms with Crippen LogP contribution in [0.15, 0.2) is 24.3 Å². The molecule has 2 rings (SSSR count). The Morgan fingerprint density at radius 1 is 1.13 bits per heavy atom. The van der Waals surface area contributed by atoms with Crippen LogP contribution in [0.5, 0.6) is 0 Å². The molecule has 0 aliphatic heterocycles. The molecule has 1 aromatic carbocycles. The molecule has 1 unspecified atom stereocenters. The van der Waals surface area contributed by atoms with Gasteiger partial charge in [0, 0.05) is 17.0 Å². The number of ether oxygens (including phenoxy) is 2. The minimum Gasteiger partial charge on any atom is -0.464 e. The molecular formula is C22H28N2O6S. The smallest absolute Gasteiger partial charge is 0.341 e. The van der Waals surface area contributed by atoms with Crippen LogP contribution in [0.25, 0.3) is 10.4 Å². The van der Waals surface area contributed by atoms with Gasteiger partial charge in [-0.1, -0.05) is 19.8 Å². The molecule has 2 aromatic rings. The summed E-state index contributed by atoms with van der Waals surface area (Å²) in [5.41, 5.74) is 1.79. The van der Waals surface area contributed by atoms with Crippen LogP contribution in [0.4, 0.5) is 10.7 Å². The Hall–Kier alpha value is -2.94. The van der Waals surface area contributed by atoms with Gasteiger partial charge in [-0.15, -0.1) is 11.3 Å². The van der Waals surface area contributed by atoms with Crippen molar-refractivity contribution in [2.45, 2.75) is 53.0 Å². The molecule has 0 bridgehead atoms. The van der Waals surface area contributed by atoms with E-state index in [0.29, 0.717) is 22.5 Å². The van der Waals surface area contributed by atoms with Crippen molar-refractivity contribution >= 4 is 34.0 Å². The first-order valence-corrected chi connectivity index (χ1v) is 11.1. The number of nitrogens with one attached hydrogen (secondary N) is 1. The molecule has 31 heavy (non-hydrogen) atoms. The zero-order chi connectivity index (χ0) is 23.0. The average molecular weight is 449 g/mol. The second-order valence-electron chi connectivity index (χ2n) is 6.88. The lowest BCUT2D eigenvalue weighted by molar-refractivity contribution is -0.384. The fraction of sp³-hybridized carbons (Fsp3) is 0.455. The maximum atomic E-state index is 12.7. The van der Waals surface area contributed by atoms with E-state index in [1.807, 2.05) is 6.92 Å². The zero-order valence-corrected chi connectivity index (χ0v) is 19.0. The molecule has 1 aromatic heterocycles. The minimum atomic E-state index is -0.587. The predicted molar refractivity (Wildman–Crippen MR) is 121 cm³/mol. The monoisotopic (exact) mass is 448 g/mol. The number of rotatable bonds is 11. The zero-order valence-electron chi connectivity index (χ0n) is 18.2. The van der Waals surface area contributed by atoms with Crippen molar-refractivity contribution in [3.05, 3.63) is 45.5 Å². The van der Waals surface area contributed by atoms with Gasteiger partial charge in [-0.2, -0.15) is 0 Å². The van der Waals surface area contributed by atoms with Crippen molar-refractivity contribution in [2.75, 3.05) is 18.5 Å². The first-order chi connectivity index (χ1) is 14.8. The summed E-state index contributed by atoms with van der Waals surface area (Å²) in [6, 6.07) is 5.56. The summed E-state index contributed by atoms with van der Waals surface area (Å²) in [5, 5.41) is 14.7. The molecule has 1 atom stereocenters. The molecule has 0 saturated heterocycles. The van der Waals surface area contributed by atoms with E-state index in [4.69, 9.17) is 9.47 Å². The Morgan fingerprint density at radius 3 is 2.32 bits per heavy atom. The molecule has 8 nitrogen and oxygen atoms in total. The number of unbranched alkanes of at least 4 members (excludes halogenated alkanes) is 1. The van der Waals surface area contributed by atoms with Gasteiger partial charge in [0.05, 0.1) is 23.7 Å². The van der Waals surface area contributed by atoms with Crippen molar-refractivity contribution in [1.82, 2.24) is 0 Å². The molecular weight excluding hydrogens is 420 g/mol. The summed E-state index contributed by atoms with van der Waals surface area (Å²) in [4.78, 5) is 36.4. The van der Waals surface area contributed by atoms with Gasteiger partial charge in [0.15, 0.2) is 0 Å². The molecule has 168 valence electrons. The van der Waals surface area contributed by atoms with E-state index < -0.39 is 16.9 Å². The standard InChI is InChI=1S/C22H28N2O6S/c1-5-8-9-17(21(25)29-6-2)23-20-18(22(26)30-7-3)14(4)19(31-20)15-10-12-16(13-11-15)24(27)28/h10-13,17,23H,5-9H2,1-4H3. The maximum absolute atomic E-state index is 12.7. The molecule has 0 aliphatic carbocycles. The highest BCUT2D eigenvalue weighted by Crippen LogP contribution is 2.41. The van der Waals surface area contributed by atoms with E-state index in [0.717, 1.165) is 23.3 Å². The molecule has 0 amide bonds. The Labute approximate surface area is 185 Å². The van der Waals surface area contributed by atoms with Crippen LogP contribution >= 0.6 is 11.3 Å². The molecule has 0 spiro atoms. The van der Waals surface area contributed by atoms with Crippen molar-refractivity contribution in [1.29, 1.82) is 0 Å². The lowest BCUT2D eigenvalue weighted by Crippen LogP contribution is -2.31. The third kappa shape index (κ3) is 6.04. The Balaban J connectivity index is 2.48. The number of benzene rings is 1. The van der Waals surface area contributed by atoms with Gasteiger partial charge in [-0.05, 0) is 50.5 Å². The molecule has 0 saturated carbocycles. The van der Waals surface area contributed by atoms with E-state index in [2.05, 4.69) is 5.32 Å². The molecule has 1 heterocycles. The highest BCUT2D eigenvalue weighted by molar-refractivity contribution is 7.20. The van der Waals surface area contributed by atoms with Crippen LogP contribution in [0.1, 0.15) is 56.0 Å². The number of nitrogens with zero attached hydrogens (tertiary/aromatic N) is 1. The SMILES string of the molecule is CCCCC(Nc1sc(-c2ccc([N+](=O)[O-])cc2)c(C)c1C(=O)OCC)C(=O)OCC. The number of carbonyl (C=O) groups is 2. The van der Waals surface area contributed by atoms with Crippen molar-refractivity contribution < 1.29 is 24.0 Å². The number of nitro benzene ring substituents is 1. The first kappa shape index (κ1) is 24.3. The summed E-state index contributed by atoms with van der Waals surface area (Å²) in [7, 11) is 0. The van der Waals surface area contributed by atoms with Crippen molar-refractivity contribution in [3.8, 4) is 10.4 Å². The summed E-state index contributed by atoms with van der Waals surface area (Å²) in [6.45, 7) is 7.81. The highest BCUT2D eigenvalue weighted by atomic mass is 32.1. The van der Waals surface area contributed by atoms with Crippen LogP contribution in [-0.2, 0) is 14.3 Å². The Kier molecular flexibility index (Phi) is 8.99. The number of nitro groups is 1. The van der Waals surface area contributed by atoms with E-state index in [-0.39, 0.29) is 24.9 Å². The van der Waals surface area contributed by atoms with Crippen LogP contribution in [0.3, 0.4) is 0 Å². The van der Waals surface area contributed by atoms with E-state index in [9.17, 15) is 19.7 Å². The maximum Gasteiger partial charge on any atom is 0.341 e. The fourth-order valence-electron chi connectivity index (χ4n) is 3.13. The average Bonchev–Trinajstić information content (AvgIpc) is 3.07. The second kappa shape index (κ2) is 11.5. The van der Waals surface area contributed by atoms with E-state index in [1.165, 1.54) is 23.5 Å². The number of hydrogen-bond donors (Lipinski definition) is 1. The topological polar surface area (TPSA) is 108 Å². The number of thiophene rings is 1. The van der Waals surface area contributed by atoms with Crippen LogP contribution < -0.4 is 5.32 Å². The minimum absolute atomic E-state index is 0.0103. The molecule has 0 aliphatic rings. The number of carbonyl (C=O) groups excluding carboxylic acids is 2. The lowest BCUT2D eigenvalue weighted by Gasteiger charge is -2.18. The van der Waals surface area contributed by atoms with E-state index >= 15 is 0 Å². The van der Waals surface area contributed by atoms with Gasteiger partial charge >= 0.3 is 11.9 Å². The third-order valence-corrected chi connectivity index (χ3v) is 5.96. The Bertz CT molecular complexity index is 923. The Morgan fingerprint density at radius 2 is 1.77 bits per heavy atom. The number of esters is 2. The van der Waals surface area contributed by atoms with Crippen LogP contribution in [-0.4, -0.2) is 36.1 Å². The quantitative estimate of drug-likeness (QED) is 0.281. The van der Waals surface area contributed by atoms with Gasteiger partial charge in [-0.3, -0.25) is 10.1 Å². The predicted octanol–water partition coefficient (Wildman–Crippen LogP) is 5.34. The molecule has 0 fully saturated rings. The van der Waals surface area contributed by atoms with Gasteiger partial charge in [0.2, 0.25) is 0 Å². The van der Waals surface area contributed by atoms with Crippen LogP contribution in [0.2, 0.25) is 0 Å². The van der Waals surface area contributed by atoms with Gasteiger partial charge in [0.1, 0.15) is 11.0 Å². The number of anilines is 1. The number of hydrogen-bond acceptors (Lipinski definition) is 8. The summed E-state index contributed by atoms with van der Waals surface area (Å²) in [6.07, 6.45) is 2.31. The van der Waals surface area contributed by atoms with Gasteiger partial charge in [-0.25, -0.2) is 9.59 Å². The molecule has 9 heteroatoms. The first-order valence-electron chi connectivity index (χ1n) is 10.3. The molecule has 1 N–H and O–H groups in total. The molecule has 0 radical (unpaired) electrons. The largest absolute Gasteiger partial charge is 0.464 e. The van der Waals surface area contributed by atoms with Gasteiger partial charge < -0.3 is 14.8 Å². The highest BCUT2D eigenvalue weighted by Gasteiger charge is 2.27. The van der Waals surface area contributed by atoms with Crippen molar-refractivity contribution in [3.63, 3.8) is 0 Å². The summed E-state index contributed by atoms with van der Waals surface area (Å²) in [5.74, 6) is -0.848. The fourth-order valence-corrected chi connectivity index (χ4v) is 4.39. The van der Waals surface area contributed by atoms with Crippen molar-refractivity contribution in [2.24, 2.45) is 0 Å². The normalized spacial score (nSPS) is 11.6. The summed E-state index contributed by atoms with van der Waals surface area (Å²) < 4.78 is 10.4. The number of non-ortho nitro benzene ring substituents is 1.